The summed E-state index contributed by atoms with van der Waals surface area (Å²) in [6.45, 7) is 0. The van der Waals surface area contributed by atoms with Gasteiger partial charge in [0, 0.05) is 64.3 Å². The molecule has 5 heteroatoms. The summed E-state index contributed by atoms with van der Waals surface area (Å²) in [6, 6.07) is 70.0. The molecule has 4 heterocycles. The minimum atomic E-state index is 0.661. The molecule has 4 nitrogen and oxygen atoms in total. The zero-order chi connectivity index (χ0) is 39.6. The van der Waals surface area contributed by atoms with Gasteiger partial charge in [-0.1, -0.05) is 176 Å². The van der Waals surface area contributed by atoms with Crippen LogP contribution in [-0.4, -0.2) is 15.0 Å². The molecular weight excluding hydrogens is 751 g/mol. The zero-order valence-corrected chi connectivity index (χ0v) is 33.0. The lowest BCUT2D eigenvalue weighted by atomic mass is 9.97. The van der Waals surface area contributed by atoms with Crippen LogP contribution in [0.4, 0.5) is 0 Å². The van der Waals surface area contributed by atoms with Crippen LogP contribution in [0.25, 0.3) is 120 Å². The molecule has 0 N–H and O–H groups in total. The summed E-state index contributed by atoms with van der Waals surface area (Å²) < 4.78 is 9.27. The number of fused-ring (bicyclic) bond motifs is 8. The van der Waals surface area contributed by atoms with Crippen LogP contribution in [0.1, 0.15) is 0 Å². The average molecular weight is 784 g/mol. The molecule has 280 valence electrons. The van der Waals surface area contributed by atoms with E-state index in [9.17, 15) is 0 Å². The molecule has 0 aliphatic rings. The molecule has 0 saturated heterocycles. The Hall–Kier alpha value is -7.73. The van der Waals surface area contributed by atoms with Gasteiger partial charge in [0.05, 0.1) is 28.0 Å². The molecule has 12 aromatic rings. The highest BCUT2D eigenvalue weighted by Gasteiger charge is 2.21. The lowest BCUT2D eigenvalue weighted by Crippen LogP contribution is -1.96. The van der Waals surface area contributed by atoms with E-state index in [1.165, 1.54) is 36.9 Å². The number of rotatable bonds is 6. The monoisotopic (exact) mass is 783 g/mol. The molecule has 0 unspecified atom stereocenters. The van der Waals surface area contributed by atoms with Gasteiger partial charge in [0.1, 0.15) is 11.2 Å². The van der Waals surface area contributed by atoms with E-state index in [0.29, 0.717) is 5.82 Å². The number of thiophene rings is 1. The fourth-order valence-corrected chi connectivity index (χ4v) is 9.82. The standard InChI is InChI=1S/C55H33N3OS/c1-3-13-34(14-4-1)35-25-27-37(28-26-35)47-33-46(36-15-5-2-6-16-36)56-55(57-47)39-31-29-38(30-32-39)51-50-44-18-7-9-23-48(44)59-53(50)45-22-11-19-41(52(45)58-51)43-21-12-20-42-40-17-8-10-24-49(40)60-54(42)43/h1-33H. The van der Waals surface area contributed by atoms with Crippen molar-refractivity contribution in [1.29, 1.82) is 0 Å². The summed E-state index contributed by atoms with van der Waals surface area (Å²) in [6.07, 6.45) is 0. The summed E-state index contributed by atoms with van der Waals surface area (Å²) in [7, 11) is 0. The Morgan fingerprint density at radius 3 is 1.70 bits per heavy atom. The first-order chi connectivity index (χ1) is 29.7. The number of pyridine rings is 1. The average Bonchev–Trinajstić information content (AvgIpc) is 3.91. The van der Waals surface area contributed by atoms with Gasteiger partial charge in [0.15, 0.2) is 5.82 Å². The second-order valence-corrected chi connectivity index (χ2v) is 16.1. The van der Waals surface area contributed by atoms with Crippen LogP contribution in [0.15, 0.2) is 205 Å². The van der Waals surface area contributed by atoms with Crippen molar-refractivity contribution in [3.63, 3.8) is 0 Å². The smallest absolute Gasteiger partial charge is 0.160 e. The number of furan rings is 1. The molecule has 0 aliphatic heterocycles. The van der Waals surface area contributed by atoms with E-state index >= 15 is 0 Å². The summed E-state index contributed by atoms with van der Waals surface area (Å²) in [4.78, 5) is 15.9. The van der Waals surface area contributed by atoms with E-state index < -0.39 is 0 Å². The van der Waals surface area contributed by atoms with Crippen molar-refractivity contribution in [2.75, 3.05) is 0 Å². The van der Waals surface area contributed by atoms with E-state index in [2.05, 4.69) is 164 Å². The normalized spacial score (nSPS) is 11.7. The van der Waals surface area contributed by atoms with Gasteiger partial charge in [0.2, 0.25) is 0 Å². The largest absolute Gasteiger partial charge is 0.455 e. The number of nitrogens with zero attached hydrogens (tertiary/aromatic N) is 3. The minimum absolute atomic E-state index is 0.661. The third-order valence-corrected chi connectivity index (χ3v) is 12.8. The van der Waals surface area contributed by atoms with Crippen molar-refractivity contribution < 1.29 is 4.42 Å². The Morgan fingerprint density at radius 2 is 0.933 bits per heavy atom. The Bertz CT molecular complexity index is 3570. The topological polar surface area (TPSA) is 51.8 Å². The van der Waals surface area contributed by atoms with Gasteiger partial charge in [-0.05, 0) is 35.4 Å². The molecule has 0 bridgehead atoms. The third kappa shape index (κ3) is 5.70. The fourth-order valence-electron chi connectivity index (χ4n) is 8.59. The summed E-state index contributed by atoms with van der Waals surface area (Å²) >= 11 is 1.83. The number of para-hydroxylation sites is 2. The minimum Gasteiger partial charge on any atom is -0.455 e. The highest BCUT2D eigenvalue weighted by molar-refractivity contribution is 7.26. The quantitative estimate of drug-likeness (QED) is 0.169. The van der Waals surface area contributed by atoms with E-state index in [1.807, 2.05) is 47.7 Å². The molecule has 0 atom stereocenters. The van der Waals surface area contributed by atoms with Crippen molar-refractivity contribution >= 4 is 64.4 Å². The maximum absolute atomic E-state index is 6.73. The fraction of sp³-hybridized carbons (Fsp3) is 0. The second-order valence-electron chi connectivity index (χ2n) is 15.1. The first-order valence-electron chi connectivity index (χ1n) is 20.1. The van der Waals surface area contributed by atoms with Crippen LogP contribution in [0.2, 0.25) is 0 Å². The van der Waals surface area contributed by atoms with Gasteiger partial charge in [-0.25, -0.2) is 15.0 Å². The summed E-state index contributed by atoms with van der Waals surface area (Å²) in [5, 5.41) is 5.58. The molecular formula is C55H33N3OS. The maximum Gasteiger partial charge on any atom is 0.160 e. The second kappa shape index (κ2) is 14.0. The molecule has 0 spiro atoms. The van der Waals surface area contributed by atoms with E-state index in [4.69, 9.17) is 19.4 Å². The predicted octanol–water partition coefficient (Wildman–Crippen LogP) is 15.3. The van der Waals surface area contributed by atoms with Crippen LogP contribution in [0.3, 0.4) is 0 Å². The molecule has 0 aliphatic carbocycles. The molecule has 8 aromatic carbocycles. The molecule has 0 radical (unpaired) electrons. The zero-order valence-electron chi connectivity index (χ0n) is 32.2. The predicted molar refractivity (Wildman–Crippen MR) is 250 cm³/mol. The molecule has 0 amide bonds. The first kappa shape index (κ1) is 34.3. The number of aromatic nitrogens is 3. The number of hydrogen-bond donors (Lipinski definition) is 0. The summed E-state index contributed by atoms with van der Waals surface area (Å²) in [5.74, 6) is 0.661. The van der Waals surface area contributed by atoms with Gasteiger partial charge < -0.3 is 4.42 Å². The maximum atomic E-state index is 6.73. The third-order valence-electron chi connectivity index (χ3n) is 11.5. The van der Waals surface area contributed by atoms with Gasteiger partial charge >= 0.3 is 0 Å². The van der Waals surface area contributed by atoms with Crippen molar-refractivity contribution in [1.82, 2.24) is 15.0 Å². The SMILES string of the molecule is c1ccc(-c2ccc(-c3cc(-c4ccccc4)nc(-c4ccc(-c5nc6c(-c7cccc8c7sc7ccccc78)cccc6c6oc7ccccc7c56)cc4)n3)cc2)cc1. The van der Waals surface area contributed by atoms with Gasteiger partial charge in [-0.3, -0.25) is 0 Å². The van der Waals surface area contributed by atoms with Crippen LogP contribution in [0.5, 0.6) is 0 Å². The van der Waals surface area contributed by atoms with Gasteiger partial charge in [-0.15, -0.1) is 11.3 Å². The van der Waals surface area contributed by atoms with Crippen LogP contribution in [0, 0.1) is 0 Å². The Kier molecular flexibility index (Phi) is 8.00. The van der Waals surface area contributed by atoms with Crippen LogP contribution in [-0.2, 0) is 0 Å². The lowest BCUT2D eigenvalue weighted by Gasteiger charge is -2.12. The van der Waals surface area contributed by atoms with Crippen molar-refractivity contribution in [2.45, 2.75) is 0 Å². The first-order valence-corrected chi connectivity index (χ1v) is 20.9. The highest BCUT2D eigenvalue weighted by Crippen LogP contribution is 2.45. The van der Waals surface area contributed by atoms with E-state index in [1.54, 1.807) is 0 Å². The molecule has 0 saturated carbocycles. The molecule has 0 fully saturated rings. The number of hydrogen-bond acceptors (Lipinski definition) is 5. The molecule has 12 rings (SSSR count). The summed E-state index contributed by atoms with van der Waals surface area (Å²) in [5.41, 5.74) is 13.8. The van der Waals surface area contributed by atoms with Crippen molar-refractivity contribution in [3.05, 3.63) is 200 Å². The highest BCUT2D eigenvalue weighted by atomic mass is 32.1. The van der Waals surface area contributed by atoms with Gasteiger partial charge in [0.25, 0.3) is 0 Å². The van der Waals surface area contributed by atoms with E-state index in [0.717, 1.165) is 77.7 Å². The van der Waals surface area contributed by atoms with Crippen LogP contribution >= 0.6 is 11.3 Å². The number of benzene rings is 8. The lowest BCUT2D eigenvalue weighted by molar-refractivity contribution is 0.672. The Balaban J connectivity index is 1.01. The van der Waals surface area contributed by atoms with Crippen LogP contribution < -0.4 is 0 Å². The van der Waals surface area contributed by atoms with E-state index in [-0.39, 0.29) is 0 Å². The van der Waals surface area contributed by atoms with Crippen molar-refractivity contribution in [3.8, 4) is 67.4 Å². The molecule has 60 heavy (non-hydrogen) atoms. The Morgan fingerprint density at radius 1 is 0.383 bits per heavy atom. The van der Waals surface area contributed by atoms with Gasteiger partial charge in [-0.2, -0.15) is 0 Å². The Labute approximate surface area is 349 Å². The molecule has 4 aromatic heterocycles. The van der Waals surface area contributed by atoms with Crippen molar-refractivity contribution in [2.24, 2.45) is 0 Å².